The fourth-order valence-electron chi connectivity index (χ4n) is 12.8. The van der Waals surface area contributed by atoms with Crippen LogP contribution in [0.25, 0.3) is 0 Å². The van der Waals surface area contributed by atoms with Gasteiger partial charge in [0.25, 0.3) is 0 Å². The second-order valence-corrected chi connectivity index (χ2v) is 27.8. The van der Waals surface area contributed by atoms with E-state index in [-0.39, 0.29) is 18.9 Å². The van der Waals surface area contributed by atoms with Gasteiger partial charge in [0.15, 0.2) is 12.6 Å². The Morgan fingerprint density at radius 2 is 0.705 bits per heavy atom. The van der Waals surface area contributed by atoms with Crippen molar-refractivity contribution in [1.82, 2.24) is 5.32 Å². The molecule has 0 aliphatic carbocycles. The minimum absolute atomic E-state index is 0.249. The number of ether oxygens (including phenoxy) is 4. The Balaban J connectivity index is 1.63. The van der Waals surface area contributed by atoms with Crippen LogP contribution in [-0.4, -0.2) is 140 Å². The van der Waals surface area contributed by atoms with Crippen molar-refractivity contribution >= 4 is 5.91 Å². The maximum Gasteiger partial charge on any atom is 0.220 e. The Bertz CT molecular complexity index is 1870. The highest BCUT2D eigenvalue weighted by molar-refractivity contribution is 5.76. The number of rotatable bonds is 66. The van der Waals surface area contributed by atoms with E-state index in [2.05, 4.69) is 79.9 Å². The lowest BCUT2D eigenvalue weighted by molar-refractivity contribution is -0.359. The van der Waals surface area contributed by atoms with Gasteiger partial charge in [0.2, 0.25) is 5.91 Å². The number of aliphatic hydroxyl groups is 8. The van der Waals surface area contributed by atoms with E-state index in [0.717, 1.165) is 57.8 Å². The van der Waals surface area contributed by atoms with Crippen molar-refractivity contribution in [3.05, 3.63) is 72.9 Å². The van der Waals surface area contributed by atoms with E-state index in [1.807, 2.05) is 6.08 Å². The van der Waals surface area contributed by atoms with E-state index in [9.17, 15) is 45.6 Å². The molecule has 2 heterocycles. The summed E-state index contributed by atoms with van der Waals surface area (Å²) < 4.78 is 22.9. The highest BCUT2D eigenvalue weighted by Crippen LogP contribution is 2.30. The quantitative estimate of drug-likeness (QED) is 0.0204. The van der Waals surface area contributed by atoms with Gasteiger partial charge >= 0.3 is 0 Å². The third kappa shape index (κ3) is 48.0. The molecule has 2 saturated heterocycles. The van der Waals surface area contributed by atoms with Crippen LogP contribution in [0.3, 0.4) is 0 Å². The summed E-state index contributed by atoms with van der Waals surface area (Å²) in [5.41, 5.74) is 0. The van der Waals surface area contributed by atoms with Crippen LogP contribution in [0.1, 0.15) is 341 Å². The molecule has 9 N–H and O–H groups in total. The standard InChI is InChI=1S/C81H147NO13/c1-3-5-7-9-11-13-15-17-19-21-23-25-27-29-31-32-33-34-35-36-37-38-39-41-43-45-47-49-51-53-55-57-59-61-63-65-73(86)82-69(68-92-80-78(91)76(89)79(72(67-84)94-80)95-81-77(90)75(88)74(87)71(66-83)93-81)70(85)64-62-60-58-56-54-52-50-48-46-44-42-40-30-28-26-24-22-20-18-16-14-12-10-8-6-4-2/h15,17,21,23,27,29,46,48,54,56,62,64,69-72,74-81,83-85,87-91H,3-14,16,18-20,22,24-26,28,30-45,47,49-53,55,57-61,63,65-68H2,1-2H3,(H,82,86)/b17-15-,23-21-,29-27-,48-46+,56-54+,64-62+. The number of carbonyl (C=O) groups is 1. The predicted molar refractivity (Wildman–Crippen MR) is 392 cm³/mol. The molecule has 0 radical (unpaired) electrons. The zero-order valence-corrected chi connectivity index (χ0v) is 60.7. The van der Waals surface area contributed by atoms with Crippen LogP contribution in [0.2, 0.25) is 0 Å². The Morgan fingerprint density at radius 1 is 0.379 bits per heavy atom. The molecule has 2 aliphatic rings. The third-order valence-corrected chi connectivity index (χ3v) is 19.1. The van der Waals surface area contributed by atoms with Crippen LogP contribution in [0.5, 0.6) is 0 Å². The van der Waals surface area contributed by atoms with Gasteiger partial charge in [-0.2, -0.15) is 0 Å². The molecule has 0 saturated carbocycles. The van der Waals surface area contributed by atoms with Crippen LogP contribution < -0.4 is 5.32 Å². The maximum absolute atomic E-state index is 13.4. The van der Waals surface area contributed by atoms with Crippen molar-refractivity contribution in [3.63, 3.8) is 0 Å². The molecular weight excluding hydrogens is 1190 g/mol. The molecule has 12 atom stereocenters. The van der Waals surface area contributed by atoms with Gasteiger partial charge in [-0.05, 0) is 83.5 Å². The second-order valence-electron chi connectivity index (χ2n) is 27.8. The van der Waals surface area contributed by atoms with Crippen LogP contribution in [-0.2, 0) is 23.7 Å². The van der Waals surface area contributed by atoms with Crippen molar-refractivity contribution in [2.75, 3.05) is 19.8 Å². The molecule has 554 valence electrons. The molecule has 0 spiro atoms. The summed E-state index contributed by atoms with van der Waals surface area (Å²) in [7, 11) is 0. The fourth-order valence-corrected chi connectivity index (χ4v) is 12.8. The lowest BCUT2D eigenvalue weighted by Gasteiger charge is -2.46. The molecule has 0 aromatic carbocycles. The van der Waals surface area contributed by atoms with Crippen molar-refractivity contribution in [2.24, 2.45) is 0 Å². The van der Waals surface area contributed by atoms with Gasteiger partial charge in [-0.15, -0.1) is 0 Å². The first kappa shape index (κ1) is 88.5. The minimum atomic E-state index is -1.80. The average molecular weight is 1340 g/mol. The number of amides is 1. The van der Waals surface area contributed by atoms with Gasteiger partial charge in [-0.25, -0.2) is 0 Å². The number of hydrogen-bond acceptors (Lipinski definition) is 13. The van der Waals surface area contributed by atoms with E-state index < -0.39 is 86.8 Å². The highest BCUT2D eigenvalue weighted by atomic mass is 16.7. The van der Waals surface area contributed by atoms with E-state index in [0.29, 0.717) is 12.8 Å². The monoisotopic (exact) mass is 1340 g/mol. The zero-order chi connectivity index (χ0) is 68.7. The van der Waals surface area contributed by atoms with Crippen LogP contribution in [0.4, 0.5) is 0 Å². The first-order valence-corrected chi connectivity index (χ1v) is 39.7. The SMILES string of the molecule is CCCCCCC/C=C\C/C=C\C/C=C\CCCCCCCCCCCCCCCCCCCCCCC(=O)NC(COC1OC(CO)C(OC2OC(CO)C(O)C(O)C2O)C(O)C1O)C(O)/C=C/CC/C=C/CC/C=C/CCCCCCCCCCCCCCCCCC. The molecule has 14 nitrogen and oxygen atoms in total. The number of allylic oxidation sites excluding steroid dienone is 11. The Hall–Kier alpha value is -2.57. The summed E-state index contributed by atoms with van der Waals surface area (Å²) in [6, 6.07) is -0.942. The first-order chi connectivity index (χ1) is 46.6. The summed E-state index contributed by atoms with van der Waals surface area (Å²) in [5.74, 6) is -0.249. The number of aliphatic hydroxyl groups excluding tert-OH is 8. The Kier molecular flexibility index (Phi) is 60.4. The van der Waals surface area contributed by atoms with Crippen LogP contribution in [0.15, 0.2) is 72.9 Å². The van der Waals surface area contributed by atoms with Crippen molar-refractivity contribution in [3.8, 4) is 0 Å². The predicted octanol–water partition coefficient (Wildman–Crippen LogP) is 17.7. The number of hydrogen-bond donors (Lipinski definition) is 9. The first-order valence-electron chi connectivity index (χ1n) is 39.7. The highest BCUT2D eigenvalue weighted by Gasteiger charge is 2.51. The van der Waals surface area contributed by atoms with Gasteiger partial charge in [-0.3, -0.25) is 4.79 Å². The van der Waals surface area contributed by atoms with Gasteiger partial charge in [-0.1, -0.05) is 324 Å². The van der Waals surface area contributed by atoms with Crippen LogP contribution >= 0.6 is 0 Å². The van der Waals surface area contributed by atoms with E-state index >= 15 is 0 Å². The van der Waals surface area contributed by atoms with Gasteiger partial charge in [0.1, 0.15) is 48.8 Å². The van der Waals surface area contributed by atoms with E-state index in [4.69, 9.17) is 18.9 Å². The van der Waals surface area contributed by atoms with Gasteiger partial charge in [0, 0.05) is 6.42 Å². The summed E-state index contributed by atoms with van der Waals surface area (Å²) in [6.07, 6.45) is 72.7. The smallest absolute Gasteiger partial charge is 0.220 e. The van der Waals surface area contributed by atoms with Gasteiger partial charge < -0.3 is 65.1 Å². The molecule has 2 aliphatic heterocycles. The normalized spacial score (nSPS) is 22.7. The van der Waals surface area contributed by atoms with Crippen molar-refractivity contribution in [2.45, 2.75) is 415 Å². The summed E-state index contributed by atoms with van der Waals surface area (Å²) in [6.45, 7) is 2.81. The fraction of sp³-hybridized carbons (Fsp3) is 0.840. The molecule has 0 aromatic heterocycles. The molecule has 14 heteroatoms. The molecule has 95 heavy (non-hydrogen) atoms. The molecule has 12 unspecified atom stereocenters. The number of nitrogens with one attached hydrogen (secondary N) is 1. The molecule has 0 bridgehead atoms. The molecule has 2 rings (SSSR count). The molecule has 1 amide bonds. The third-order valence-electron chi connectivity index (χ3n) is 19.1. The molecule has 0 aromatic rings. The van der Waals surface area contributed by atoms with Crippen molar-refractivity contribution in [1.29, 1.82) is 0 Å². The zero-order valence-electron chi connectivity index (χ0n) is 60.7. The maximum atomic E-state index is 13.4. The Morgan fingerprint density at radius 3 is 1.11 bits per heavy atom. The van der Waals surface area contributed by atoms with Crippen molar-refractivity contribution < 1.29 is 64.6 Å². The molecule has 2 fully saturated rings. The lowest BCUT2D eigenvalue weighted by Crippen LogP contribution is -2.65. The largest absolute Gasteiger partial charge is 0.394 e. The topological polar surface area (TPSA) is 228 Å². The summed E-state index contributed by atoms with van der Waals surface area (Å²) in [4.78, 5) is 13.4. The second kappa shape index (κ2) is 64.8. The Labute approximate surface area is 580 Å². The minimum Gasteiger partial charge on any atom is -0.394 e. The number of unbranched alkanes of at least 4 members (excludes halogenated alkanes) is 43. The van der Waals surface area contributed by atoms with Gasteiger partial charge in [0.05, 0.1) is 32.0 Å². The lowest BCUT2D eigenvalue weighted by atomic mass is 9.97. The van der Waals surface area contributed by atoms with E-state index in [1.54, 1.807) is 6.08 Å². The van der Waals surface area contributed by atoms with E-state index in [1.165, 1.54) is 250 Å². The van der Waals surface area contributed by atoms with Crippen LogP contribution in [0, 0.1) is 0 Å². The molecular formula is C81H147NO13. The summed E-state index contributed by atoms with van der Waals surface area (Å²) in [5, 5.41) is 87.6. The summed E-state index contributed by atoms with van der Waals surface area (Å²) >= 11 is 0. The number of carbonyl (C=O) groups excluding carboxylic acids is 1. The average Bonchev–Trinajstić information content (AvgIpc) is 0.800.